The Kier molecular flexibility index (Phi) is 2.53. The van der Waals surface area contributed by atoms with Gasteiger partial charge in [-0.3, -0.25) is 0 Å². The molecule has 0 radical (unpaired) electrons. The summed E-state index contributed by atoms with van der Waals surface area (Å²) >= 11 is 3.11. The van der Waals surface area contributed by atoms with E-state index in [1.54, 1.807) is 6.07 Å². The lowest BCUT2D eigenvalue weighted by molar-refractivity contribution is -0.107. The molecule has 2 N–H and O–H groups in total. The van der Waals surface area contributed by atoms with E-state index in [1.807, 2.05) is 0 Å². The van der Waals surface area contributed by atoms with Gasteiger partial charge in [-0.25, -0.2) is 9.97 Å². The van der Waals surface area contributed by atoms with Crippen molar-refractivity contribution in [3.63, 3.8) is 0 Å². The third-order valence-electron chi connectivity index (χ3n) is 1.10. The average molecular weight is 216 g/mol. The maximum Gasteiger partial charge on any atom is 0.220 e. The highest BCUT2D eigenvalue weighted by molar-refractivity contribution is 9.09. The third kappa shape index (κ3) is 1.98. The van der Waals surface area contributed by atoms with Crippen LogP contribution in [0.2, 0.25) is 0 Å². The van der Waals surface area contributed by atoms with E-state index in [4.69, 9.17) is 5.73 Å². The molecular weight excluding hydrogens is 210 g/mol. The maximum absolute atomic E-state index is 10.3. The molecule has 4 nitrogen and oxygen atoms in total. The number of rotatable bonds is 2. The molecule has 0 spiro atoms. The highest BCUT2D eigenvalue weighted by Crippen LogP contribution is 2.16. The van der Waals surface area contributed by atoms with Crippen LogP contribution in [-0.4, -0.2) is 16.3 Å². The van der Waals surface area contributed by atoms with Crippen molar-refractivity contribution in [1.82, 2.24) is 9.97 Å². The summed E-state index contributed by atoms with van der Waals surface area (Å²) in [4.78, 5) is 17.4. The number of aromatic nitrogens is 2. The standard InChI is InChI=1S/C6H6BrN3O/c7-4(3-11)5-1-2-9-6(8)10-5/h1-4H,(H2,8,9,10). The minimum absolute atomic E-state index is 0.175. The topological polar surface area (TPSA) is 68.9 Å². The molecule has 1 aromatic heterocycles. The first-order valence-corrected chi connectivity index (χ1v) is 3.83. The number of carbonyl (C=O) groups excluding carboxylic acids is 1. The van der Waals surface area contributed by atoms with Crippen molar-refractivity contribution in [1.29, 1.82) is 0 Å². The molecule has 0 aliphatic carbocycles. The number of alkyl halides is 1. The fraction of sp³-hybridized carbons (Fsp3) is 0.167. The molecule has 0 aliphatic heterocycles. The Labute approximate surface area is 72.0 Å². The number of nitrogens with two attached hydrogens (primary N) is 1. The lowest BCUT2D eigenvalue weighted by Crippen LogP contribution is -2.00. The van der Waals surface area contributed by atoms with Crippen molar-refractivity contribution in [2.45, 2.75) is 4.83 Å². The second-order valence-electron chi connectivity index (χ2n) is 1.88. The summed E-state index contributed by atoms with van der Waals surface area (Å²) in [6, 6.07) is 1.63. The third-order valence-corrected chi connectivity index (χ3v) is 1.78. The summed E-state index contributed by atoms with van der Waals surface area (Å²) < 4.78 is 0. The van der Waals surface area contributed by atoms with Gasteiger partial charge < -0.3 is 10.5 Å². The van der Waals surface area contributed by atoms with Gasteiger partial charge in [0, 0.05) is 6.20 Å². The summed E-state index contributed by atoms with van der Waals surface area (Å²) in [5.41, 5.74) is 5.87. The van der Waals surface area contributed by atoms with E-state index < -0.39 is 4.83 Å². The van der Waals surface area contributed by atoms with Crippen LogP contribution < -0.4 is 5.73 Å². The van der Waals surface area contributed by atoms with Crippen LogP contribution in [-0.2, 0) is 4.79 Å². The normalized spacial score (nSPS) is 12.5. The quantitative estimate of drug-likeness (QED) is 0.583. The monoisotopic (exact) mass is 215 g/mol. The molecule has 1 aromatic rings. The van der Waals surface area contributed by atoms with Gasteiger partial charge >= 0.3 is 0 Å². The van der Waals surface area contributed by atoms with E-state index in [0.717, 1.165) is 6.29 Å². The Morgan fingerprint density at radius 2 is 2.45 bits per heavy atom. The predicted molar refractivity (Wildman–Crippen MR) is 44.2 cm³/mol. The van der Waals surface area contributed by atoms with E-state index in [2.05, 4.69) is 25.9 Å². The van der Waals surface area contributed by atoms with Gasteiger partial charge in [-0.2, -0.15) is 0 Å². The smallest absolute Gasteiger partial charge is 0.220 e. The van der Waals surface area contributed by atoms with Gasteiger partial charge in [0.25, 0.3) is 0 Å². The summed E-state index contributed by atoms with van der Waals surface area (Å²) in [6.07, 6.45) is 2.25. The van der Waals surface area contributed by atoms with Gasteiger partial charge in [-0.15, -0.1) is 0 Å². The Morgan fingerprint density at radius 1 is 1.73 bits per heavy atom. The number of anilines is 1. The maximum atomic E-state index is 10.3. The number of nitrogen functional groups attached to an aromatic ring is 1. The largest absolute Gasteiger partial charge is 0.368 e. The van der Waals surface area contributed by atoms with E-state index >= 15 is 0 Å². The second kappa shape index (κ2) is 3.43. The summed E-state index contributed by atoms with van der Waals surface area (Å²) in [5, 5.41) is 0. The molecule has 1 rings (SSSR count). The van der Waals surface area contributed by atoms with Gasteiger partial charge in [-0.05, 0) is 6.07 Å². The van der Waals surface area contributed by atoms with Gasteiger partial charge in [0.1, 0.15) is 11.1 Å². The van der Waals surface area contributed by atoms with Crippen LogP contribution in [0.3, 0.4) is 0 Å². The molecule has 1 unspecified atom stereocenters. The highest BCUT2D eigenvalue weighted by atomic mass is 79.9. The molecule has 11 heavy (non-hydrogen) atoms. The van der Waals surface area contributed by atoms with Gasteiger partial charge in [0.2, 0.25) is 5.95 Å². The molecule has 0 fully saturated rings. The highest BCUT2D eigenvalue weighted by Gasteiger charge is 2.06. The van der Waals surface area contributed by atoms with Crippen molar-refractivity contribution < 1.29 is 4.79 Å². The second-order valence-corrected chi connectivity index (χ2v) is 2.86. The van der Waals surface area contributed by atoms with E-state index in [0.29, 0.717) is 5.69 Å². The van der Waals surface area contributed by atoms with Crippen molar-refractivity contribution >= 4 is 28.2 Å². The van der Waals surface area contributed by atoms with Crippen LogP contribution in [0.5, 0.6) is 0 Å². The number of carbonyl (C=O) groups is 1. The van der Waals surface area contributed by atoms with E-state index in [9.17, 15) is 4.79 Å². The van der Waals surface area contributed by atoms with Gasteiger partial charge in [0.15, 0.2) is 0 Å². The van der Waals surface area contributed by atoms with E-state index in [1.165, 1.54) is 6.20 Å². The Morgan fingerprint density at radius 3 is 3.00 bits per heavy atom. The number of halogens is 1. The molecule has 1 heterocycles. The first kappa shape index (κ1) is 8.13. The summed E-state index contributed by atoms with van der Waals surface area (Å²) in [7, 11) is 0. The van der Waals surface area contributed by atoms with Crippen molar-refractivity contribution in [2.75, 3.05) is 5.73 Å². The van der Waals surface area contributed by atoms with Gasteiger partial charge in [-0.1, -0.05) is 15.9 Å². The molecule has 0 aromatic carbocycles. The fourth-order valence-electron chi connectivity index (χ4n) is 0.612. The summed E-state index contributed by atoms with van der Waals surface area (Å²) in [5.74, 6) is 0.175. The SMILES string of the molecule is Nc1nccc(C(Br)C=O)n1. The minimum Gasteiger partial charge on any atom is -0.368 e. The number of aldehydes is 1. The zero-order valence-electron chi connectivity index (χ0n) is 5.57. The van der Waals surface area contributed by atoms with Crippen molar-refractivity contribution in [3.05, 3.63) is 18.0 Å². The predicted octanol–water partition coefficient (Wildman–Crippen LogP) is 0.694. The fourth-order valence-corrected chi connectivity index (χ4v) is 0.867. The van der Waals surface area contributed by atoms with Crippen molar-refractivity contribution in [2.24, 2.45) is 0 Å². The molecule has 0 saturated carbocycles. The first-order valence-electron chi connectivity index (χ1n) is 2.92. The summed E-state index contributed by atoms with van der Waals surface area (Å²) in [6.45, 7) is 0. The van der Waals surface area contributed by atoms with Crippen LogP contribution in [0.15, 0.2) is 12.3 Å². The molecular formula is C6H6BrN3O. The molecule has 0 aliphatic rings. The van der Waals surface area contributed by atoms with Crippen LogP contribution in [0, 0.1) is 0 Å². The average Bonchev–Trinajstić information content (AvgIpc) is 2.03. The molecule has 0 saturated heterocycles. The van der Waals surface area contributed by atoms with E-state index in [-0.39, 0.29) is 5.95 Å². The first-order chi connectivity index (χ1) is 5.24. The lowest BCUT2D eigenvalue weighted by atomic mass is 10.3. The zero-order valence-corrected chi connectivity index (χ0v) is 7.15. The Bertz CT molecular complexity index is 266. The molecule has 0 bridgehead atoms. The number of hydrogen-bond acceptors (Lipinski definition) is 4. The molecule has 1 atom stereocenters. The number of hydrogen-bond donors (Lipinski definition) is 1. The van der Waals surface area contributed by atoms with Crippen LogP contribution in [0.25, 0.3) is 0 Å². The lowest BCUT2D eigenvalue weighted by Gasteiger charge is -1.99. The van der Waals surface area contributed by atoms with Crippen molar-refractivity contribution in [3.8, 4) is 0 Å². The van der Waals surface area contributed by atoms with Crippen LogP contribution in [0.4, 0.5) is 5.95 Å². The minimum atomic E-state index is -0.396. The molecule has 0 amide bonds. The Hall–Kier alpha value is -0.970. The zero-order chi connectivity index (χ0) is 8.27. The van der Waals surface area contributed by atoms with Crippen LogP contribution in [0.1, 0.15) is 10.5 Å². The molecule has 58 valence electrons. The molecule has 5 heteroatoms. The number of nitrogens with zero attached hydrogens (tertiary/aromatic N) is 2. The van der Waals surface area contributed by atoms with Crippen LogP contribution >= 0.6 is 15.9 Å². The Balaban J connectivity index is 2.95. The van der Waals surface area contributed by atoms with Gasteiger partial charge in [0.05, 0.1) is 5.69 Å².